The number of halogens is 1. The van der Waals surface area contributed by atoms with Crippen molar-refractivity contribution in [2.45, 2.75) is 12.3 Å². The van der Waals surface area contributed by atoms with Crippen LogP contribution in [0.4, 0.5) is 0 Å². The second-order valence-corrected chi connectivity index (χ2v) is 5.00. The number of benzene rings is 2. The summed E-state index contributed by atoms with van der Waals surface area (Å²) in [6, 6.07) is 17.0. The van der Waals surface area contributed by atoms with Crippen LogP contribution in [0, 0.1) is 22.7 Å². The lowest BCUT2D eigenvalue weighted by atomic mass is 9.92. The molecule has 0 radical (unpaired) electrons. The summed E-state index contributed by atoms with van der Waals surface area (Å²) in [6.45, 7) is 0. The fraction of sp³-hybridized carbons (Fsp3) is 0.176. The van der Waals surface area contributed by atoms with Gasteiger partial charge in [0, 0.05) is 0 Å². The van der Waals surface area contributed by atoms with E-state index in [4.69, 9.17) is 21.6 Å². The molecule has 2 rings (SSSR count). The summed E-state index contributed by atoms with van der Waals surface area (Å²) >= 11 is 6.10. The van der Waals surface area contributed by atoms with Gasteiger partial charge in [-0.15, -0.1) is 0 Å². The Kier molecular flexibility index (Phi) is 4.82. The van der Waals surface area contributed by atoms with Crippen LogP contribution in [0.2, 0.25) is 5.02 Å². The highest BCUT2D eigenvalue weighted by Crippen LogP contribution is 2.29. The van der Waals surface area contributed by atoms with E-state index in [2.05, 4.69) is 12.1 Å². The van der Waals surface area contributed by atoms with Crippen LogP contribution in [0.1, 0.15) is 22.6 Å². The number of nitriles is 2. The monoisotopic (exact) mass is 296 g/mol. The maximum absolute atomic E-state index is 9.40. The first-order chi connectivity index (χ1) is 10.2. The molecule has 0 heterocycles. The number of ether oxygens (including phenoxy) is 1. The minimum Gasteiger partial charge on any atom is -0.495 e. The SMILES string of the molecule is COc1ccc(C(C#N)Cc2cccc(C#N)c2)cc1Cl. The molecule has 104 valence electrons. The average molecular weight is 297 g/mol. The molecule has 2 aromatic carbocycles. The van der Waals surface area contributed by atoms with E-state index in [1.54, 1.807) is 31.4 Å². The molecule has 4 heteroatoms. The van der Waals surface area contributed by atoms with Crippen LogP contribution in [0.15, 0.2) is 42.5 Å². The van der Waals surface area contributed by atoms with Gasteiger partial charge in [-0.3, -0.25) is 0 Å². The van der Waals surface area contributed by atoms with E-state index >= 15 is 0 Å². The Morgan fingerprint density at radius 2 is 2.00 bits per heavy atom. The molecule has 0 bridgehead atoms. The van der Waals surface area contributed by atoms with Gasteiger partial charge in [-0.2, -0.15) is 10.5 Å². The number of rotatable bonds is 4. The molecular weight excluding hydrogens is 284 g/mol. The Labute approximate surface area is 129 Å². The van der Waals surface area contributed by atoms with Crippen molar-refractivity contribution in [3.8, 4) is 17.9 Å². The summed E-state index contributed by atoms with van der Waals surface area (Å²) in [4.78, 5) is 0. The van der Waals surface area contributed by atoms with Gasteiger partial charge in [0.25, 0.3) is 0 Å². The molecule has 2 aromatic rings. The average Bonchev–Trinajstić information content (AvgIpc) is 2.52. The van der Waals surface area contributed by atoms with E-state index < -0.39 is 0 Å². The molecule has 0 aromatic heterocycles. The summed E-state index contributed by atoms with van der Waals surface area (Å²) in [6.07, 6.45) is 0.536. The first-order valence-corrected chi connectivity index (χ1v) is 6.78. The van der Waals surface area contributed by atoms with Gasteiger partial charge in [-0.1, -0.05) is 29.8 Å². The van der Waals surface area contributed by atoms with Gasteiger partial charge in [0.2, 0.25) is 0 Å². The second-order valence-electron chi connectivity index (χ2n) is 4.59. The Morgan fingerprint density at radius 1 is 1.19 bits per heavy atom. The van der Waals surface area contributed by atoms with Gasteiger partial charge in [0.05, 0.1) is 35.8 Å². The van der Waals surface area contributed by atoms with Gasteiger partial charge >= 0.3 is 0 Å². The van der Waals surface area contributed by atoms with Crippen molar-refractivity contribution in [2.75, 3.05) is 7.11 Å². The summed E-state index contributed by atoms with van der Waals surface area (Å²) in [5, 5.41) is 18.8. The molecule has 0 N–H and O–H groups in total. The number of hydrogen-bond acceptors (Lipinski definition) is 3. The van der Waals surface area contributed by atoms with Crippen molar-refractivity contribution in [1.29, 1.82) is 10.5 Å². The van der Waals surface area contributed by atoms with Crippen LogP contribution in [0.5, 0.6) is 5.75 Å². The lowest BCUT2D eigenvalue weighted by Crippen LogP contribution is -2.01. The van der Waals surface area contributed by atoms with E-state index in [0.717, 1.165) is 11.1 Å². The summed E-state index contributed by atoms with van der Waals surface area (Å²) < 4.78 is 5.11. The molecular formula is C17H13ClN2O. The summed E-state index contributed by atoms with van der Waals surface area (Å²) in [5.74, 6) is 0.269. The third-order valence-electron chi connectivity index (χ3n) is 3.23. The highest BCUT2D eigenvalue weighted by Gasteiger charge is 2.14. The molecule has 0 saturated heterocycles. The fourth-order valence-electron chi connectivity index (χ4n) is 2.14. The zero-order chi connectivity index (χ0) is 15.2. The number of hydrogen-bond donors (Lipinski definition) is 0. The Morgan fingerprint density at radius 3 is 2.62 bits per heavy atom. The summed E-state index contributed by atoms with van der Waals surface area (Å²) in [7, 11) is 1.55. The molecule has 0 fully saturated rings. The molecule has 0 aliphatic carbocycles. The Bertz CT molecular complexity index is 728. The zero-order valence-corrected chi connectivity index (χ0v) is 12.3. The topological polar surface area (TPSA) is 56.8 Å². The van der Waals surface area contributed by atoms with E-state index in [9.17, 15) is 5.26 Å². The molecule has 0 amide bonds. The van der Waals surface area contributed by atoms with Gasteiger partial charge in [-0.05, 0) is 41.8 Å². The third kappa shape index (κ3) is 3.54. The molecule has 3 nitrogen and oxygen atoms in total. The molecule has 1 atom stereocenters. The smallest absolute Gasteiger partial charge is 0.137 e. The number of nitrogens with zero attached hydrogens (tertiary/aromatic N) is 2. The van der Waals surface area contributed by atoms with Crippen LogP contribution in [0.25, 0.3) is 0 Å². The van der Waals surface area contributed by atoms with Crippen molar-refractivity contribution < 1.29 is 4.74 Å². The van der Waals surface area contributed by atoms with Crippen LogP contribution < -0.4 is 4.74 Å². The summed E-state index contributed by atoms with van der Waals surface area (Å²) in [5.41, 5.74) is 2.38. The molecule has 0 spiro atoms. The predicted octanol–water partition coefficient (Wildman–Crippen LogP) is 4.07. The lowest BCUT2D eigenvalue weighted by Gasteiger charge is -2.12. The Hall–Kier alpha value is -2.49. The molecule has 0 aliphatic rings. The fourth-order valence-corrected chi connectivity index (χ4v) is 2.41. The van der Waals surface area contributed by atoms with Crippen LogP contribution in [-0.4, -0.2) is 7.11 Å². The minimum atomic E-state index is -0.317. The normalized spacial score (nSPS) is 11.2. The van der Waals surface area contributed by atoms with Crippen LogP contribution in [-0.2, 0) is 6.42 Å². The van der Waals surface area contributed by atoms with Gasteiger partial charge in [0.15, 0.2) is 0 Å². The minimum absolute atomic E-state index is 0.317. The predicted molar refractivity (Wildman–Crippen MR) is 81.2 cm³/mol. The van der Waals surface area contributed by atoms with Crippen molar-refractivity contribution in [3.05, 3.63) is 64.2 Å². The second kappa shape index (κ2) is 6.79. The van der Waals surface area contributed by atoms with Crippen molar-refractivity contribution >= 4 is 11.6 Å². The van der Waals surface area contributed by atoms with E-state index in [0.29, 0.717) is 22.8 Å². The van der Waals surface area contributed by atoms with Gasteiger partial charge in [-0.25, -0.2) is 0 Å². The molecule has 21 heavy (non-hydrogen) atoms. The van der Waals surface area contributed by atoms with Crippen molar-refractivity contribution in [2.24, 2.45) is 0 Å². The van der Waals surface area contributed by atoms with Crippen LogP contribution >= 0.6 is 11.6 Å². The van der Waals surface area contributed by atoms with E-state index in [1.165, 1.54) is 0 Å². The van der Waals surface area contributed by atoms with Crippen molar-refractivity contribution in [3.63, 3.8) is 0 Å². The van der Waals surface area contributed by atoms with Crippen LogP contribution in [0.3, 0.4) is 0 Å². The maximum Gasteiger partial charge on any atom is 0.137 e. The zero-order valence-electron chi connectivity index (χ0n) is 11.5. The highest BCUT2D eigenvalue weighted by molar-refractivity contribution is 6.32. The maximum atomic E-state index is 9.40. The largest absolute Gasteiger partial charge is 0.495 e. The molecule has 0 saturated carbocycles. The van der Waals surface area contributed by atoms with Gasteiger partial charge < -0.3 is 4.74 Å². The first kappa shape index (κ1) is 14.9. The third-order valence-corrected chi connectivity index (χ3v) is 3.53. The standard InChI is InChI=1S/C17H13ClN2O/c1-21-17-6-5-14(9-16(17)18)15(11-20)8-12-3-2-4-13(7-12)10-19/h2-7,9,15H,8H2,1H3. The molecule has 1 unspecified atom stereocenters. The molecule has 0 aliphatic heterocycles. The van der Waals surface area contributed by atoms with Gasteiger partial charge in [0.1, 0.15) is 5.75 Å². The lowest BCUT2D eigenvalue weighted by molar-refractivity contribution is 0.415. The van der Waals surface area contributed by atoms with E-state index in [1.807, 2.05) is 18.2 Å². The quantitative estimate of drug-likeness (QED) is 0.854. The Balaban J connectivity index is 2.26. The van der Waals surface area contributed by atoms with E-state index in [-0.39, 0.29) is 5.92 Å². The first-order valence-electron chi connectivity index (χ1n) is 6.40. The number of methoxy groups -OCH3 is 1. The highest BCUT2D eigenvalue weighted by atomic mass is 35.5. The van der Waals surface area contributed by atoms with Crippen molar-refractivity contribution in [1.82, 2.24) is 0 Å².